The molecule has 1 aliphatic rings. The van der Waals surface area contributed by atoms with Crippen LogP contribution in [-0.2, 0) is 11.2 Å². The molecule has 23 heavy (non-hydrogen) atoms. The van der Waals surface area contributed by atoms with Gasteiger partial charge in [0.1, 0.15) is 5.82 Å². The van der Waals surface area contributed by atoms with Crippen molar-refractivity contribution in [1.82, 2.24) is 25.1 Å². The van der Waals surface area contributed by atoms with E-state index >= 15 is 0 Å². The average Bonchev–Trinajstić information content (AvgIpc) is 3.00. The predicted octanol–water partition coefficient (Wildman–Crippen LogP) is 0.408. The minimum Gasteiger partial charge on any atom is -0.481 e. The number of methoxy groups -OCH3 is 1. The molecule has 0 atom stereocenters. The summed E-state index contributed by atoms with van der Waals surface area (Å²) in [5.74, 6) is 1.94. The highest BCUT2D eigenvalue weighted by Crippen LogP contribution is 2.18. The Morgan fingerprint density at radius 2 is 2.09 bits per heavy atom. The van der Waals surface area contributed by atoms with E-state index in [4.69, 9.17) is 4.74 Å². The molecule has 2 aromatic heterocycles. The molecule has 0 radical (unpaired) electrons. The summed E-state index contributed by atoms with van der Waals surface area (Å²) in [4.78, 5) is 24.8. The second-order valence-electron chi connectivity index (χ2n) is 5.44. The number of H-pyrrole nitrogens is 1. The Morgan fingerprint density at radius 1 is 1.30 bits per heavy atom. The normalized spacial score (nSPS) is 14.9. The zero-order valence-corrected chi connectivity index (χ0v) is 13.3. The van der Waals surface area contributed by atoms with E-state index in [-0.39, 0.29) is 12.3 Å². The first-order valence-corrected chi connectivity index (χ1v) is 7.56. The van der Waals surface area contributed by atoms with Crippen molar-refractivity contribution >= 4 is 11.6 Å². The zero-order valence-electron chi connectivity index (χ0n) is 13.3. The van der Waals surface area contributed by atoms with E-state index in [0.29, 0.717) is 24.8 Å². The number of nitrogens with one attached hydrogen (secondary N) is 1. The van der Waals surface area contributed by atoms with E-state index in [1.807, 2.05) is 24.0 Å². The quantitative estimate of drug-likeness (QED) is 0.879. The van der Waals surface area contributed by atoms with E-state index < -0.39 is 0 Å². The van der Waals surface area contributed by atoms with E-state index in [0.717, 1.165) is 24.6 Å². The van der Waals surface area contributed by atoms with Gasteiger partial charge in [0.25, 0.3) is 0 Å². The number of amides is 1. The summed E-state index contributed by atoms with van der Waals surface area (Å²) in [7, 11) is 1.60. The number of rotatable bonds is 4. The second kappa shape index (κ2) is 6.64. The monoisotopic (exact) mass is 316 g/mol. The van der Waals surface area contributed by atoms with Gasteiger partial charge >= 0.3 is 0 Å². The number of hydrogen-bond donors (Lipinski definition) is 1. The molecule has 0 saturated carbocycles. The standard InChI is InChI=1S/C15H20N6O2/c1-11-17-13(19-18-11)9-15(22)21-7-5-20(6-8-21)12-3-4-14(23-2)16-10-12/h3-4,10H,5-9H2,1-2H3,(H,17,18,19). The smallest absolute Gasteiger partial charge is 0.230 e. The number of carbonyl (C=O) groups is 1. The Kier molecular flexibility index (Phi) is 4.40. The Bertz CT molecular complexity index is 661. The maximum absolute atomic E-state index is 12.3. The van der Waals surface area contributed by atoms with Crippen LogP contribution in [0.25, 0.3) is 0 Å². The van der Waals surface area contributed by atoms with Crippen LogP contribution in [0.15, 0.2) is 18.3 Å². The molecule has 2 aromatic rings. The maximum Gasteiger partial charge on any atom is 0.230 e. The lowest BCUT2D eigenvalue weighted by molar-refractivity contribution is -0.130. The molecule has 1 fully saturated rings. The van der Waals surface area contributed by atoms with Crippen LogP contribution < -0.4 is 9.64 Å². The van der Waals surface area contributed by atoms with Crippen molar-refractivity contribution < 1.29 is 9.53 Å². The van der Waals surface area contributed by atoms with Crippen LogP contribution in [-0.4, -0.2) is 64.3 Å². The van der Waals surface area contributed by atoms with E-state index in [9.17, 15) is 4.79 Å². The Hall–Kier alpha value is -2.64. The van der Waals surface area contributed by atoms with Gasteiger partial charge < -0.3 is 14.5 Å². The van der Waals surface area contributed by atoms with Crippen LogP contribution in [0.4, 0.5) is 5.69 Å². The summed E-state index contributed by atoms with van der Waals surface area (Å²) in [6.45, 7) is 4.77. The largest absolute Gasteiger partial charge is 0.481 e. The van der Waals surface area contributed by atoms with Crippen molar-refractivity contribution in [3.8, 4) is 5.88 Å². The van der Waals surface area contributed by atoms with Crippen molar-refractivity contribution in [3.63, 3.8) is 0 Å². The van der Waals surface area contributed by atoms with Crippen molar-refractivity contribution in [1.29, 1.82) is 0 Å². The van der Waals surface area contributed by atoms with Crippen molar-refractivity contribution in [2.75, 3.05) is 38.2 Å². The van der Waals surface area contributed by atoms with Gasteiger partial charge in [0.2, 0.25) is 11.8 Å². The van der Waals surface area contributed by atoms with Gasteiger partial charge in [0.15, 0.2) is 5.82 Å². The lowest BCUT2D eigenvalue weighted by Gasteiger charge is -2.35. The molecule has 1 amide bonds. The Labute approximate surface area is 134 Å². The molecule has 0 unspecified atom stereocenters. The lowest BCUT2D eigenvalue weighted by atomic mass is 10.2. The number of carbonyl (C=O) groups excluding carboxylic acids is 1. The minimum atomic E-state index is 0.0662. The lowest BCUT2D eigenvalue weighted by Crippen LogP contribution is -2.49. The van der Waals surface area contributed by atoms with Gasteiger partial charge in [0, 0.05) is 32.2 Å². The summed E-state index contributed by atoms with van der Waals surface area (Å²) in [6.07, 6.45) is 2.04. The van der Waals surface area contributed by atoms with Crippen LogP contribution in [0.5, 0.6) is 5.88 Å². The molecule has 0 aliphatic carbocycles. The third-order valence-electron chi connectivity index (χ3n) is 3.88. The molecule has 3 rings (SSSR count). The fraction of sp³-hybridized carbons (Fsp3) is 0.467. The third-order valence-corrected chi connectivity index (χ3v) is 3.88. The van der Waals surface area contributed by atoms with Crippen molar-refractivity contribution in [3.05, 3.63) is 30.0 Å². The fourth-order valence-electron chi connectivity index (χ4n) is 2.61. The molecular formula is C15H20N6O2. The SMILES string of the molecule is COc1ccc(N2CCN(C(=O)Cc3n[nH]c(C)n3)CC2)cn1. The first kappa shape index (κ1) is 15.3. The molecule has 0 spiro atoms. The van der Waals surface area contributed by atoms with Crippen LogP contribution in [0, 0.1) is 6.92 Å². The number of aromatic nitrogens is 4. The van der Waals surface area contributed by atoms with Gasteiger partial charge in [-0.2, -0.15) is 5.10 Å². The van der Waals surface area contributed by atoms with E-state index in [1.165, 1.54) is 0 Å². The first-order valence-electron chi connectivity index (χ1n) is 7.56. The minimum absolute atomic E-state index is 0.0662. The van der Waals surface area contributed by atoms with Gasteiger partial charge in [-0.05, 0) is 13.0 Å². The summed E-state index contributed by atoms with van der Waals surface area (Å²) in [6, 6.07) is 3.83. The van der Waals surface area contributed by atoms with Gasteiger partial charge in [-0.3, -0.25) is 9.89 Å². The molecule has 3 heterocycles. The van der Waals surface area contributed by atoms with Crippen molar-refractivity contribution in [2.24, 2.45) is 0 Å². The van der Waals surface area contributed by atoms with Crippen molar-refractivity contribution in [2.45, 2.75) is 13.3 Å². The number of pyridine rings is 1. The molecule has 8 heteroatoms. The molecule has 1 aliphatic heterocycles. The highest BCUT2D eigenvalue weighted by Gasteiger charge is 2.22. The van der Waals surface area contributed by atoms with Gasteiger partial charge in [0.05, 0.1) is 25.4 Å². The average molecular weight is 316 g/mol. The summed E-state index contributed by atoms with van der Waals surface area (Å²) >= 11 is 0. The summed E-state index contributed by atoms with van der Waals surface area (Å²) in [5, 5.41) is 6.77. The van der Waals surface area contributed by atoms with E-state index in [2.05, 4.69) is 25.1 Å². The second-order valence-corrected chi connectivity index (χ2v) is 5.44. The van der Waals surface area contributed by atoms with Crippen LogP contribution in [0.1, 0.15) is 11.6 Å². The van der Waals surface area contributed by atoms with Gasteiger partial charge in [-0.15, -0.1) is 0 Å². The molecular weight excluding hydrogens is 296 g/mol. The Morgan fingerprint density at radius 3 is 2.65 bits per heavy atom. The summed E-state index contributed by atoms with van der Waals surface area (Å²) in [5.41, 5.74) is 1.04. The molecule has 0 aromatic carbocycles. The predicted molar refractivity (Wildman–Crippen MR) is 84.4 cm³/mol. The molecule has 1 saturated heterocycles. The highest BCUT2D eigenvalue weighted by molar-refractivity contribution is 5.78. The van der Waals surface area contributed by atoms with Gasteiger partial charge in [-0.25, -0.2) is 9.97 Å². The highest BCUT2D eigenvalue weighted by atomic mass is 16.5. The topological polar surface area (TPSA) is 87.2 Å². The molecule has 1 N–H and O–H groups in total. The molecule has 8 nitrogen and oxygen atoms in total. The number of anilines is 1. The number of nitrogens with zero attached hydrogens (tertiary/aromatic N) is 5. The van der Waals surface area contributed by atoms with Crippen LogP contribution >= 0.6 is 0 Å². The Balaban J connectivity index is 1.54. The number of aromatic amines is 1. The number of piperazine rings is 1. The first-order chi connectivity index (χ1) is 11.2. The number of hydrogen-bond acceptors (Lipinski definition) is 6. The number of aryl methyl sites for hydroxylation is 1. The maximum atomic E-state index is 12.3. The van der Waals surface area contributed by atoms with E-state index in [1.54, 1.807) is 13.3 Å². The molecule has 0 bridgehead atoms. The van der Waals surface area contributed by atoms with Crippen LogP contribution in [0.2, 0.25) is 0 Å². The summed E-state index contributed by atoms with van der Waals surface area (Å²) < 4.78 is 5.07. The molecule has 122 valence electrons. The third kappa shape index (κ3) is 3.58. The zero-order chi connectivity index (χ0) is 16.2. The van der Waals surface area contributed by atoms with Crippen LogP contribution in [0.3, 0.4) is 0 Å². The van der Waals surface area contributed by atoms with Gasteiger partial charge in [-0.1, -0.05) is 0 Å². The number of ether oxygens (including phenoxy) is 1. The fourth-order valence-corrected chi connectivity index (χ4v) is 2.61.